The number of nitrogens with zero attached hydrogens (tertiary/aromatic N) is 3. The van der Waals surface area contributed by atoms with Gasteiger partial charge in [-0.15, -0.1) is 0 Å². The topological polar surface area (TPSA) is 108 Å². The lowest BCUT2D eigenvalue weighted by Crippen LogP contribution is -2.45. The van der Waals surface area contributed by atoms with Gasteiger partial charge in [-0.1, -0.05) is 41.9 Å². The molecule has 8 heteroatoms. The van der Waals surface area contributed by atoms with E-state index in [2.05, 4.69) is 44.1 Å². The third-order valence-electron chi connectivity index (χ3n) is 7.01. The molecule has 3 aromatic rings. The number of hydrogen-bond donors (Lipinski definition) is 3. The minimum atomic E-state index is -0.343. The van der Waals surface area contributed by atoms with Crippen molar-refractivity contribution in [1.29, 1.82) is 0 Å². The van der Waals surface area contributed by atoms with E-state index in [9.17, 15) is 9.90 Å². The Morgan fingerprint density at radius 2 is 2.03 bits per heavy atom. The number of benzene rings is 1. The Morgan fingerprint density at radius 3 is 2.79 bits per heavy atom. The Hall–Kier alpha value is -3.00. The van der Waals surface area contributed by atoms with Crippen molar-refractivity contribution in [3.8, 4) is 0 Å². The maximum Gasteiger partial charge on any atom is 0.267 e. The van der Waals surface area contributed by atoms with Crippen LogP contribution >= 0.6 is 11.6 Å². The van der Waals surface area contributed by atoms with E-state index in [-0.39, 0.29) is 28.6 Å². The second kappa shape index (κ2) is 8.74. The third kappa shape index (κ3) is 3.97. The summed E-state index contributed by atoms with van der Waals surface area (Å²) in [6, 6.07) is 10.3. The highest BCUT2D eigenvalue weighted by molar-refractivity contribution is 6.31. The monoisotopic (exact) mass is 463 g/mol. The van der Waals surface area contributed by atoms with Crippen molar-refractivity contribution in [3.05, 3.63) is 86.2 Å². The van der Waals surface area contributed by atoms with E-state index in [4.69, 9.17) is 17.3 Å². The normalized spacial score (nSPS) is 19.4. The Morgan fingerprint density at radius 1 is 1.24 bits per heavy atom. The summed E-state index contributed by atoms with van der Waals surface area (Å²) in [5, 5.41) is 10.1. The molecule has 1 unspecified atom stereocenters. The number of rotatable bonds is 4. The van der Waals surface area contributed by atoms with Gasteiger partial charge in [-0.25, -0.2) is 9.97 Å². The van der Waals surface area contributed by atoms with Crippen LogP contribution in [-0.2, 0) is 13.0 Å². The number of piperidine rings is 1. The third-order valence-corrected chi connectivity index (χ3v) is 7.40. The van der Waals surface area contributed by atoms with Crippen molar-refractivity contribution in [2.45, 2.75) is 31.9 Å². The molecule has 0 bridgehead atoms. The van der Waals surface area contributed by atoms with Gasteiger partial charge in [0.25, 0.3) is 5.56 Å². The minimum Gasteiger partial charge on any atom is -0.390 e. The van der Waals surface area contributed by atoms with Gasteiger partial charge in [-0.05, 0) is 47.9 Å². The molecule has 1 saturated heterocycles. The van der Waals surface area contributed by atoms with Crippen LogP contribution in [0.2, 0.25) is 5.02 Å². The summed E-state index contributed by atoms with van der Waals surface area (Å²) in [5.41, 5.74) is 10.8. The lowest BCUT2D eigenvalue weighted by Gasteiger charge is -2.42. The van der Waals surface area contributed by atoms with E-state index >= 15 is 0 Å². The van der Waals surface area contributed by atoms with Crippen molar-refractivity contribution in [2.75, 3.05) is 18.0 Å². The molecular weight excluding hydrogens is 438 g/mol. The number of nitrogens with two attached hydrogens (primary N) is 1. The molecule has 1 spiro atoms. The molecule has 1 aliphatic heterocycles. The van der Waals surface area contributed by atoms with Crippen molar-refractivity contribution in [1.82, 2.24) is 15.0 Å². The molecule has 1 aliphatic carbocycles. The van der Waals surface area contributed by atoms with Gasteiger partial charge in [0.05, 0.1) is 18.5 Å². The Labute approximate surface area is 197 Å². The first kappa shape index (κ1) is 21.8. The summed E-state index contributed by atoms with van der Waals surface area (Å²) in [5.74, 6) is 0.711. The number of aliphatic hydroxyl groups is 1. The fourth-order valence-electron chi connectivity index (χ4n) is 5.13. The van der Waals surface area contributed by atoms with Crippen LogP contribution in [0.3, 0.4) is 0 Å². The second-order valence-electron chi connectivity index (χ2n) is 8.84. The van der Waals surface area contributed by atoms with Crippen LogP contribution in [0.5, 0.6) is 0 Å². The van der Waals surface area contributed by atoms with E-state index in [1.807, 2.05) is 0 Å². The van der Waals surface area contributed by atoms with Gasteiger partial charge < -0.3 is 20.7 Å². The molecule has 5 rings (SSSR count). The van der Waals surface area contributed by atoms with E-state index in [0.29, 0.717) is 22.8 Å². The smallest absolute Gasteiger partial charge is 0.267 e. The molecule has 170 valence electrons. The van der Waals surface area contributed by atoms with Crippen molar-refractivity contribution < 1.29 is 5.11 Å². The summed E-state index contributed by atoms with van der Waals surface area (Å²) < 4.78 is 0. The Balaban J connectivity index is 1.32. The number of pyridine rings is 1. The first-order chi connectivity index (χ1) is 16.0. The predicted octanol–water partition coefficient (Wildman–Crippen LogP) is 3.32. The van der Waals surface area contributed by atoms with Crippen molar-refractivity contribution in [2.24, 2.45) is 11.1 Å². The van der Waals surface area contributed by atoms with Crippen LogP contribution < -0.4 is 16.2 Å². The van der Waals surface area contributed by atoms with E-state index in [1.54, 1.807) is 30.6 Å². The van der Waals surface area contributed by atoms with E-state index < -0.39 is 0 Å². The molecule has 2 aromatic heterocycles. The molecule has 2 aliphatic rings. The van der Waals surface area contributed by atoms with Crippen LogP contribution in [0.1, 0.15) is 47.0 Å². The highest BCUT2D eigenvalue weighted by atomic mass is 35.5. The molecule has 1 atom stereocenters. The highest BCUT2D eigenvalue weighted by Gasteiger charge is 2.46. The number of halogens is 1. The molecule has 4 N–H and O–H groups in total. The van der Waals surface area contributed by atoms with Crippen LogP contribution in [0.4, 0.5) is 5.82 Å². The average Bonchev–Trinajstić information content (AvgIpc) is 3.11. The highest BCUT2D eigenvalue weighted by Crippen LogP contribution is 2.51. The molecule has 0 amide bonds. The Kier molecular flexibility index (Phi) is 5.78. The first-order valence-corrected chi connectivity index (χ1v) is 11.5. The predicted molar refractivity (Wildman–Crippen MR) is 130 cm³/mol. The van der Waals surface area contributed by atoms with Gasteiger partial charge in [0.15, 0.2) is 5.82 Å². The fourth-order valence-corrected chi connectivity index (χ4v) is 5.32. The lowest BCUT2D eigenvalue weighted by molar-refractivity contribution is 0.186. The number of aromatic nitrogens is 3. The number of aliphatic hydroxyl groups excluding tert-OH is 1. The zero-order valence-corrected chi connectivity index (χ0v) is 18.9. The molecule has 0 radical (unpaired) electrons. The molecule has 7 nitrogen and oxygen atoms in total. The van der Waals surface area contributed by atoms with E-state index in [1.165, 1.54) is 11.1 Å². The average molecular weight is 464 g/mol. The van der Waals surface area contributed by atoms with Gasteiger partial charge in [0.1, 0.15) is 10.7 Å². The summed E-state index contributed by atoms with van der Waals surface area (Å²) in [6.07, 6.45) is 9.62. The Bertz CT molecular complexity index is 1260. The van der Waals surface area contributed by atoms with Crippen LogP contribution in [0.15, 0.2) is 47.5 Å². The molecule has 0 saturated carbocycles. The summed E-state index contributed by atoms with van der Waals surface area (Å²) >= 11 is 6.05. The fraction of sp³-hybridized carbons (Fsp3) is 0.320. The molecule has 1 fully saturated rings. The molecular formula is C25H26ClN5O2. The molecule has 33 heavy (non-hydrogen) atoms. The van der Waals surface area contributed by atoms with Gasteiger partial charge in [0, 0.05) is 30.9 Å². The number of nitrogens with one attached hydrogen (secondary N) is 1. The van der Waals surface area contributed by atoms with Gasteiger partial charge in [0.2, 0.25) is 0 Å². The van der Waals surface area contributed by atoms with Gasteiger partial charge in [-0.3, -0.25) is 4.79 Å². The van der Waals surface area contributed by atoms with Gasteiger partial charge >= 0.3 is 0 Å². The standard InChI is InChI=1S/C25H26ClN5O2/c26-21-16(7-10-28-24(21)33)5-6-18-14-29-23(20(15-32)30-18)31-11-8-25(9-12-31)13-17-3-1-2-4-19(17)22(25)27/h1-7,10,14,22,32H,8-9,11-13,15,27H2,(H,28,33). The largest absolute Gasteiger partial charge is 0.390 e. The van der Waals surface area contributed by atoms with E-state index in [0.717, 1.165) is 32.4 Å². The summed E-state index contributed by atoms with van der Waals surface area (Å²) in [6.45, 7) is 1.43. The van der Waals surface area contributed by atoms with Crippen LogP contribution in [0, 0.1) is 5.41 Å². The zero-order valence-electron chi connectivity index (χ0n) is 18.2. The maximum absolute atomic E-state index is 11.7. The zero-order chi connectivity index (χ0) is 23.0. The quantitative estimate of drug-likeness (QED) is 0.547. The number of anilines is 1. The first-order valence-electron chi connectivity index (χ1n) is 11.1. The lowest BCUT2D eigenvalue weighted by atomic mass is 9.73. The molecule has 3 heterocycles. The SMILES string of the molecule is NC1c2ccccc2CC12CCN(c1ncc(C=Cc3cc[nH]c(=O)c3Cl)nc1CO)CC2. The minimum absolute atomic E-state index is 0.0591. The van der Waals surface area contributed by atoms with Crippen molar-refractivity contribution >= 4 is 29.6 Å². The van der Waals surface area contributed by atoms with Crippen LogP contribution in [-0.4, -0.2) is 33.1 Å². The number of aromatic amines is 1. The van der Waals surface area contributed by atoms with Crippen molar-refractivity contribution in [3.63, 3.8) is 0 Å². The number of fused-ring (bicyclic) bond motifs is 1. The number of hydrogen-bond acceptors (Lipinski definition) is 6. The maximum atomic E-state index is 11.7. The number of H-pyrrole nitrogens is 1. The summed E-state index contributed by atoms with van der Waals surface area (Å²) in [7, 11) is 0. The second-order valence-corrected chi connectivity index (χ2v) is 9.21. The molecule has 1 aromatic carbocycles. The van der Waals surface area contributed by atoms with Crippen LogP contribution in [0.25, 0.3) is 12.2 Å². The van der Waals surface area contributed by atoms with Gasteiger partial charge in [-0.2, -0.15) is 0 Å². The summed E-state index contributed by atoms with van der Waals surface area (Å²) in [4.78, 5) is 25.6.